The zero-order chi connectivity index (χ0) is 34.2. The average molecular weight is 848 g/mol. The maximum atomic E-state index is 14.0. The number of ether oxygens (including phenoxy) is 1. The van der Waals surface area contributed by atoms with Crippen LogP contribution < -0.4 is 9.80 Å². The number of anilines is 2. The molecule has 0 amide bonds. The van der Waals surface area contributed by atoms with Gasteiger partial charge in [0.05, 0.1) is 19.5 Å². The van der Waals surface area contributed by atoms with E-state index in [9.17, 15) is 4.79 Å². The minimum Gasteiger partial charge on any atom is -0.442 e. The molecule has 242 valence electrons. The molecule has 5 aromatic rings. The van der Waals surface area contributed by atoms with Crippen molar-refractivity contribution in [3.63, 3.8) is 0 Å². The summed E-state index contributed by atoms with van der Waals surface area (Å²) in [7, 11) is 8.08. The summed E-state index contributed by atoms with van der Waals surface area (Å²) in [4.78, 5) is 18.2. The molecule has 0 N–H and O–H groups in total. The first kappa shape index (κ1) is 34.3. The van der Waals surface area contributed by atoms with E-state index in [1.807, 2.05) is 64.6 Å². The molecule has 6 rings (SSSR count). The fourth-order valence-electron chi connectivity index (χ4n) is 5.90. The molecule has 8 heteroatoms. The summed E-state index contributed by atoms with van der Waals surface area (Å²) in [5.74, 6) is -0.481. The molecule has 0 unspecified atom stereocenters. The Morgan fingerprint density at radius 1 is 0.604 bits per heavy atom. The Kier molecular flexibility index (Phi) is 10.0. The van der Waals surface area contributed by atoms with Crippen molar-refractivity contribution < 1.29 is 9.53 Å². The Morgan fingerprint density at radius 2 is 1.00 bits per heavy atom. The molecule has 1 aliphatic rings. The van der Waals surface area contributed by atoms with Crippen LogP contribution in [0.25, 0.3) is 11.1 Å². The van der Waals surface area contributed by atoms with E-state index in [-0.39, 0.29) is 0 Å². The highest BCUT2D eigenvalue weighted by atomic mass is 79.9. The van der Waals surface area contributed by atoms with Gasteiger partial charge in [-0.2, -0.15) is 0 Å². The Morgan fingerprint density at radius 3 is 1.40 bits per heavy atom. The van der Waals surface area contributed by atoms with Gasteiger partial charge in [-0.15, -0.1) is 0 Å². The molecule has 0 atom stereocenters. The molecular weight excluding hydrogens is 816 g/mol. The summed E-state index contributed by atoms with van der Waals surface area (Å²) in [6, 6.07) is 37.1. The van der Waals surface area contributed by atoms with Crippen molar-refractivity contribution in [2.75, 3.05) is 38.0 Å². The number of nitrogens with zero attached hydrogens (tertiary/aromatic N) is 2. The van der Waals surface area contributed by atoms with E-state index in [1.165, 1.54) is 0 Å². The van der Waals surface area contributed by atoms with Crippen LogP contribution in [0, 0.1) is 0 Å². The van der Waals surface area contributed by atoms with E-state index in [0.717, 1.165) is 44.8 Å². The normalized spacial score (nSPS) is 16.0. The quantitative estimate of drug-likeness (QED) is 0.0885. The molecular formula is C40H32Br3ClN2O2. The Balaban J connectivity index is 1.73. The molecule has 0 aromatic heterocycles. The molecule has 0 spiro atoms. The number of benzene rings is 5. The fourth-order valence-corrected chi connectivity index (χ4v) is 8.13. The fraction of sp³-hybridized carbons (Fsp3) is 0.125. The van der Waals surface area contributed by atoms with Crippen molar-refractivity contribution in [3.05, 3.63) is 173 Å². The van der Waals surface area contributed by atoms with Gasteiger partial charge in [-0.1, -0.05) is 96.5 Å². The third-order valence-corrected chi connectivity index (χ3v) is 12.1. The van der Waals surface area contributed by atoms with Gasteiger partial charge in [0.2, 0.25) is 0 Å². The minimum absolute atomic E-state index is 0.369. The lowest BCUT2D eigenvalue weighted by Crippen LogP contribution is -2.23. The lowest BCUT2D eigenvalue weighted by Gasteiger charge is -2.27. The van der Waals surface area contributed by atoms with Gasteiger partial charge in [0.15, 0.2) is 5.60 Å². The van der Waals surface area contributed by atoms with Gasteiger partial charge < -0.3 is 14.5 Å². The van der Waals surface area contributed by atoms with Crippen LogP contribution in [0.4, 0.5) is 11.4 Å². The predicted molar refractivity (Wildman–Crippen MR) is 210 cm³/mol. The van der Waals surface area contributed by atoms with Crippen LogP contribution in [0.3, 0.4) is 0 Å². The van der Waals surface area contributed by atoms with Gasteiger partial charge >= 0.3 is 5.97 Å². The predicted octanol–water partition coefficient (Wildman–Crippen LogP) is 11.4. The van der Waals surface area contributed by atoms with Gasteiger partial charge in [0.1, 0.15) is 0 Å². The number of carbonyl (C=O) groups is 1. The van der Waals surface area contributed by atoms with Crippen LogP contribution in [-0.4, -0.2) is 34.2 Å². The Bertz CT molecular complexity index is 1940. The monoisotopic (exact) mass is 844 g/mol. The van der Waals surface area contributed by atoms with E-state index in [1.54, 1.807) is 0 Å². The van der Waals surface area contributed by atoms with E-state index in [4.69, 9.17) is 16.3 Å². The zero-order valence-electron chi connectivity index (χ0n) is 26.8. The molecule has 5 aromatic carbocycles. The number of halogens is 4. The zero-order valence-corrected chi connectivity index (χ0v) is 32.3. The highest BCUT2D eigenvalue weighted by molar-refractivity contribution is 9.13. The van der Waals surface area contributed by atoms with Crippen molar-refractivity contribution in [2.24, 2.45) is 0 Å². The summed E-state index contributed by atoms with van der Waals surface area (Å²) >= 11 is 17.9. The maximum absolute atomic E-state index is 14.0. The topological polar surface area (TPSA) is 32.8 Å². The van der Waals surface area contributed by atoms with Crippen molar-refractivity contribution in [1.29, 1.82) is 0 Å². The van der Waals surface area contributed by atoms with Gasteiger partial charge in [-0.25, -0.2) is 4.79 Å². The summed E-state index contributed by atoms with van der Waals surface area (Å²) < 4.78 is 8.34. The van der Waals surface area contributed by atoms with E-state index < -0.39 is 11.6 Å². The SMILES string of the molecule is CN(C)c1ccc(/C(=C/C2(/C=C(\c3ccccc3)c3ccc(N(C)C)cc3)OC(=O)c3c(Br)c(Cl)c(Br)c(Br)c32)c2ccccc2)cc1. The summed E-state index contributed by atoms with van der Waals surface area (Å²) in [5.41, 5.74) is 7.53. The van der Waals surface area contributed by atoms with E-state index in [2.05, 4.69) is 143 Å². The van der Waals surface area contributed by atoms with Gasteiger partial charge in [-0.3, -0.25) is 0 Å². The van der Waals surface area contributed by atoms with Crippen LogP contribution in [0.1, 0.15) is 38.2 Å². The number of cyclic esters (lactones) is 1. The van der Waals surface area contributed by atoms with E-state index >= 15 is 0 Å². The molecule has 0 aliphatic carbocycles. The maximum Gasteiger partial charge on any atom is 0.341 e. The molecule has 4 nitrogen and oxygen atoms in total. The third-order valence-electron chi connectivity index (χ3n) is 8.40. The number of esters is 1. The lowest BCUT2D eigenvalue weighted by atomic mass is 9.83. The highest BCUT2D eigenvalue weighted by Gasteiger charge is 2.48. The summed E-state index contributed by atoms with van der Waals surface area (Å²) in [5, 5.41) is 0.381. The molecule has 0 saturated carbocycles. The first-order valence-electron chi connectivity index (χ1n) is 15.2. The van der Waals surface area contributed by atoms with Crippen molar-refractivity contribution in [2.45, 2.75) is 5.60 Å². The van der Waals surface area contributed by atoms with Gasteiger partial charge in [0, 0.05) is 49.6 Å². The number of carbonyl (C=O) groups excluding carboxylic acids is 1. The van der Waals surface area contributed by atoms with Crippen molar-refractivity contribution in [1.82, 2.24) is 0 Å². The Hall–Kier alpha value is -3.62. The lowest BCUT2D eigenvalue weighted by molar-refractivity contribution is 0.0298. The van der Waals surface area contributed by atoms with Gasteiger partial charge in [-0.05, 0) is 118 Å². The summed E-state index contributed by atoms with van der Waals surface area (Å²) in [6.45, 7) is 0. The molecule has 1 aliphatic heterocycles. The largest absolute Gasteiger partial charge is 0.442 e. The smallest absolute Gasteiger partial charge is 0.341 e. The van der Waals surface area contributed by atoms with Crippen molar-refractivity contribution >= 4 is 87.9 Å². The molecule has 48 heavy (non-hydrogen) atoms. The van der Waals surface area contributed by atoms with Crippen molar-refractivity contribution in [3.8, 4) is 0 Å². The highest BCUT2D eigenvalue weighted by Crippen LogP contribution is 2.53. The second-order valence-electron chi connectivity index (χ2n) is 11.9. The summed E-state index contributed by atoms with van der Waals surface area (Å²) in [6.07, 6.45) is 4.12. The third kappa shape index (κ3) is 6.53. The molecule has 1 heterocycles. The standard InChI is InChI=1S/C40H32Br3ClN2O2/c1-45(2)29-19-15-27(16-20-29)31(25-11-7-5-8-12-25)23-40(34-33(39(47)48-40)35(41)38(44)37(43)36(34)42)24-32(26-13-9-6-10-14-26)28-17-21-30(22-18-28)46(3)4/h5-24H,1-4H3/b31-23+,32-24+. The average Bonchev–Trinajstić information content (AvgIpc) is 3.39. The molecule has 0 bridgehead atoms. The van der Waals surface area contributed by atoms with Gasteiger partial charge in [0.25, 0.3) is 0 Å². The number of hydrogen-bond acceptors (Lipinski definition) is 4. The molecule has 0 saturated heterocycles. The first-order valence-corrected chi connectivity index (χ1v) is 18.0. The van der Waals surface area contributed by atoms with Crippen LogP contribution >= 0.6 is 59.4 Å². The molecule has 0 fully saturated rings. The number of hydrogen-bond donors (Lipinski definition) is 0. The number of rotatable bonds is 8. The van der Waals surface area contributed by atoms with Crippen LogP contribution in [0.2, 0.25) is 5.02 Å². The van der Waals surface area contributed by atoms with Crippen LogP contribution in [0.5, 0.6) is 0 Å². The first-order chi connectivity index (χ1) is 23.0. The van der Waals surface area contributed by atoms with Crippen LogP contribution in [-0.2, 0) is 10.3 Å². The van der Waals surface area contributed by atoms with E-state index in [0.29, 0.717) is 29.6 Å². The number of fused-ring (bicyclic) bond motifs is 1. The second-order valence-corrected chi connectivity index (χ2v) is 14.7. The minimum atomic E-state index is -1.36. The Labute approximate surface area is 312 Å². The van der Waals surface area contributed by atoms with Crippen LogP contribution in [0.15, 0.2) is 135 Å². The second kappa shape index (κ2) is 14.1. The molecule has 0 radical (unpaired) electrons.